The van der Waals surface area contributed by atoms with Crippen LogP contribution in [0.5, 0.6) is 5.75 Å². The van der Waals surface area contributed by atoms with E-state index in [0.29, 0.717) is 18.5 Å². The van der Waals surface area contributed by atoms with Gasteiger partial charge in [0.05, 0.1) is 11.6 Å². The molecule has 1 fully saturated rings. The van der Waals surface area contributed by atoms with E-state index in [0.717, 1.165) is 33.3 Å². The van der Waals surface area contributed by atoms with Crippen molar-refractivity contribution in [3.63, 3.8) is 0 Å². The largest absolute Gasteiger partial charge is 0.507 e. The Hall–Kier alpha value is -3.38. The Kier molecular flexibility index (Phi) is 6.00. The molecule has 2 aliphatic heterocycles. The van der Waals surface area contributed by atoms with Gasteiger partial charge in [-0.2, -0.15) is 0 Å². The summed E-state index contributed by atoms with van der Waals surface area (Å²) in [6.07, 6.45) is 1.40. The lowest BCUT2D eigenvalue weighted by Crippen LogP contribution is -2.31. The van der Waals surface area contributed by atoms with E-state index in [-0.39, 0.29) is 17.4 Å². The molecule has 0 saturated carbocycles. The van der Waals surface area contributed by atoms with Crippen LogP contribution in [0.15, 0.2) is 82.8 Å². The number of halogens is 1. The van der Waals surface area contributed by atoms with Gasteiger partial charge in [-0.05, 0) is 60.4 Å². The standard InChI is InChI=1S/C28H24BrNO4/c1-17-14-21-15-20(10-11-23(21)34-17)26(31)24-25(19-8-5-9-22(29)16-19)30(28(33)27(24)32)13-12-18-6-3-2-4-7-18/h2-11,15-17,25,31H,12-14H2,1H3/b26-24+/t17-,25+/m1/s1. The van der Waals surface area contributed by atoms with Crippen LogP contribution in [0.25, 0.3) is 5.76 Å². The van der Waals surface area contributed by atoms with Crippen LogP contribution < -0.4 is 4.74 Å². The summed E-state index contributed by atoms with van der Waals surface area (Å²) in [6.45, 7) is 2.35. The number of benzene rings is 3. The summed E-state index contributed by atoms with van der Waals surface area (Å²) in [5.74, 6) is -0.634. The Morgan fingerprint density at radius 3 is 2.62 bits per heavy atom. The Morgan fingerprint density at radius 1 is 1.06 bits per heavy atom. The first-order chi connectivity index (χ1) is 16.4. The van der Waals surface area contributed by atoms with Crippen LogP contribution in [0.1, 0.15) is 35.2 Å². The molecule has 3 aromatic rings. The van der Waals surface area contributed by atoms with Crippen molar-refractivity contribution in [2.45, 2.75) is 31.9 Å². The van der Waals surface area contributed by atoms with Gasteiger partial charge in [-0.25, -0.2) is 0 Å². The second kappa shape index (κ2) is 9.11. The quantitative estimate of drug-likeness (QED) is 0.278. The molecule has 1 N–H and O–H groups in total. The van der Waals surface area contributed by atoms with E-state index < -0.39 is 17.7 Å². The van der Waals surface area contributed by atoms with Gasteiger partial charge in [-0.15, -0.1) is 0 Å². The number of fused-ring (bicyclic) bond motifs is 1. The van der Waals surface area contributed by atoms with Crippen LogP contribution >= 0.6 is 15.9 Å². The minimum atomic E-state index is -0.676. The average Bonchev–Trinajstić information content (AvgIpc) is 3.33. The Labute approximate surface area is 206 Å². The highest BCUT2D eigenvalue weighted by molar-refractivity contribution is 9.10. The predicted molar refractivity (Wildman–Crippen MR) is 134 cm³/mol. The number of ketones is 1. The number of nitrogens with zero attached hydrogens (tertiary/aromatic N) is 1. The molecule has 0 aromatic heterocycles. The van der Waals surface area contributed by atoms with Crippen LogP contribution in [0.4, 0.5) is 0 Å². The summed E-state index contributed by atoms with van der Waals surface area (Å²) < 4.78 is 6.60. The molecule has 6 heteroatoms. The fraction of sp³-hybridized carbons (Fsp3) is 0.214. The third kappa shape index (κ3) is 4.14. The maximum atomic E-state index is 13.3. The van der Waals surface area contributed by atoms with Crippen LogP contribution in [-0.4, -0.2) is 34.3 Å². The van der Waals surface area contributed by atoms with Crippen LogP contribution in [0.3, 0.4) is 0 Å². The molecule has 1 amide bonds. The van der Waals surface area contributed by atoms with Gasteiger partial charge in [-0.3, -0.25) is 9.59 Å². The first-order valence-electron chi connectivity index (χ1n) is 11.3. The second-order valence-corrected chi connectivity index (χ2v) is 9.65. The maximum Gasteiger partial charge on any atom is 0.295 e. The number of hydrogen-bond donors (Lipinski definition) is 1. The van der Waals surface area contributed by atoms with Crippen molar-refractivity contribution in [1.82, 2.24) is 4.90 Å². The van der Waals surface area contributed by atoms with Gasteiger partial charge < -0.3 is 14.7 Å². The normalized spacial score (nSPS) is 20.9. The smallest absolute Gasteiger partial charge is 0.295 e. The molecule has 172 valence electrons. The van der Waals surface area contributed by atoms with Crippen molar-refractivity contribution < 1.29 is 19.4 Å². The van der Waals surface area contributed by atoms with Gasteiger partial charge >= 0.3 is 0 Å². The average molecular weight is 518 g/mol. The Morgan fingerprint density at radius 2 is 1.85 bits per heavy atom. The van der Waals surface area contributed by atoms with Crippen LogP contribution in [0, 0.1) is 0 Å². The number of hydrogen-bond acceptors (Lipinski definition) is 4. The lowest BCUT2D eigenvalue weighted by molar-refractivity contribution is -0.139. The molecular weight excluding hydrogens is 494 g/mol. The topological polar surface area (TPSA) is 66.8 Å². The number of carbonyl (C=O) groups excluding carboxylic acids is 2. The van der Waals surface area contributed by atoms with Gasteiger partial charge in [0, 0.05) is 23.0 Å². The molecule has 5 nitrogen and oxygen atoms in total. The molecule has 3 aromatic carbocycles. The molecule has 1 saturated heterocycles. The number of amides is 1. The lowest BCUT2D eigenvalue weighted by Gasteiger charge is -2.25. The molecule has 2 heterocycles. The van der Waals surface area contributed by atoms with Gasteiger partial charge in [0.2, 0.25) is 0 Å². The van der Waals surface area contributed by atoms with E-state index in [2.05, 4.69) is 15.9 Å². The lowest BCUT2D eigenvalue weighted by atomic mass is 9.94. The molecule has 0 radical (unpaired) electrons. The van der Waals surface area contributed by atoms with Gasteiger partial charge in [0.25, 0.3) is 11.7 Å². The highest BCUT2D eigenvalue weighted by atomic mass is 79.9. The number of aliphatic hydroxyl groups excluding tert-OH is 1. The zero-order valence-corrected chi connectivity index (χ0v) is 20.3. The summed E-state index contributed by atoms with van der Waals surface area (Å²) >= 11 is 3.50. The highest BCUT2D eigenvalue weighted by Crippen LogP contribution is 2.41. The number of ether oxygens (including phenoxy) is 1. The van der Waals surface area contributed by atoms with Crippen LogP contribution in [0.2, 0.25) is 0 Å². The van der Waals surface area contributed by atoms with E-state index in [1.807, 2.05) is 73.7 Å². The Bertz CT molecular complexity index is 1300. The molecule has 2 aliphatic rings. The monoisotopic (exact) mass is 517 g/mol. The third-order valence-electron chi connectivity index (χ3n) is 6.36. The van der Waals surface area contributed by atoms with E-state index in [1.165, 1.54) is 0 Å². The number of rotatable bonds is 5. The second-order valence-electron chi connectivity index (χ2n) is 8.74. The van der Waals surface area contributed by atoms with E-state index >= 15 is 0 Å². The number of Topliss-reactive ketones (excluding diaryl/α,β-unsaturated/α-hetero) is 1. The van der Waals surface area contributed by atoms with Gasteiger partial charge in [0.1, 0.15) is 17.6 Å². The predicted octanol–water partition coefficient (Wildman–Crippen LogP) is 5.44. The molecular formula is C28H24BrNO4. The summed E-state index contributed by atoms with van der Waals surface area (Å²) in [4.78, 5) is 28.0. The molecule has 0 unspecified atom stereocenters. The summed E-state index contributed by atoms with van der Waals surface area (Å²) in [5, 5.41) is 11.3. The van der Waals surface area contributed by atoms with Gasteiger partial charge in [-0.1, -0.05) is 58.4 Å². The van der Waals surface area contributed by atoms with Crippen molar-refractivity contribution in [3.8, 4) is 5.75 Å². The number of aliphatic hydroxyl groups is 1. The van der Waals surface area contributed by atoms with E-state index in [1.54, 1.807) is 11.0 Å². The van der Waals surface area contributed by atoms with Crippen molar-refractivity contribution >= 4 is 33.4 Å². The minimum Gasteiger partial charge on any atom is -0.507 e. The Balaban J connectivity index is 1.58. The molecule has 34 heavy (non-hydrogen) atoms. The van der Waals surface area contributed by atoms with Crippen molar-refractivity contribution in [3.05, 3.63) is 105 Å². The molecule has 2 atom stereocenters. The van der Waals surface area contributed by atoms with Crippen molar-refractivity contribution in [1.29, 1.82) is 0 Å². The first-order valence-corrected chi connectivity index (χ1v) is 12.1. The molecule has 5 rings (SSSR count). The fourth-order valence-electron chi connectivity index (χ4n) is 4.75. The van der Waals surface area contributed by atoms with Crippen molar-refractivity contribution in [2.24, 2.45) is 0 Å². The highest BCUT2D eigenvalue weighted by Gasteiger charge is 2.46. The summed E-state index contributed by atoms with van der Waals surface area (Å²) in [5.41, 5.74) is 3.45. The zero-order chi connectivity index (χ0) is 23.8. The molecule has 0 aliphatic carbocycles. The maximum absolute atomic E-state index is 13.3. The minimum absolute atomic E-state index is 0.0673. The van der Waals surface area contributed by atoms with Crippen LogP contribution in [-0.2, 0) is 22.4 Å². The summed E-state index contributed by atoms with van der Waals surface area (Å²) in [6, 6.07) is 22.1. The molecule has 0 spiro atoms. The fourth-order valence-corrected chi connectivity index (χ4v) is 5.17. The summed E-state index contributed by atoms with van der Waals surface area (Å²) in [7, 11) is 0. The number of likely N-dealkylation sites (tertiary alicyclic amines) is 1. The third-order valence-corrected chi connectivity index (χ3v) is 6.85. The van der Waals surface area contributed by atoms with E-state index in [4.69, 9.17) is 4.74 Å². The zero-order valence-electron chi connectivity index (χ0n) is 18.7. The van der Waals surface area contributed by atoms with Crippen molar-refractivity contribution in [2.75, 3.05) is 6.54 Å². The van der Waals surface area contributed by atoms with E-state index in [9.17, 15) is 14.7 Å². The number of carbonyl (C=O) groups is 2. The van der Waals surface area contributed by atoms with Gasteiger partial charge in [0.15, 0.2) is 0 Å². The SMILES string of the molecule is C[C@@H]1Cc2cc(/C(O)=C3\C(=O)C(=O)N(CCc4ccccc4)[C@H]3c3cccc(Br)c3)ccc2O1. The molecule has 0 bridgehead atoms. The first kappa shape index (κ1) is 22.4.